The Morgan fingerprint density at radius 2 is 1.81 bits per heavy atom. The second kappa shape index (κ2) is 5.88. The molecule has 2 N–H and O–H groups in total. The summed E-state index contributed by atoms with van der Waals surface area (Å²) < 4.78 is 0. The first-order chi connectivity index (χ1) is 10.1. The topological polar surface area (TPSA) is 32.3 Å². The smallest absolute Gasteiger partial charge is 0.115 e. The maximum absolute atomic E-state index is 9.77. The van der Waals surface area contributed by atoms with E-state index < -0.39 is 0 Å². The molecule has 2 nitrogen and oxygen atoms in total. The second-order valence-electron chi connectivity index (χ2n) is 5.46. The molecule has 1 aliphatic rings. The number of hydrogen-bond donors (Lipinski definition) is 2. The Labute approximate surface area is 134 Å². The molecule has 110 valence electrons. The van der Waals surface area contributed by atoms with Crippen LogP contribution >= 0.6 is 23.2 Å². The Morgan fingerprint density at radius 3 is 2.52 bits per heavy atom. The molecule has 2 aromatic rings. The number of hydrogen-bond acceptors (Lipinski definition) is 2. The van der Waals surface area contributed by atoms with Crippen molar-refractivity contribution >= 4 is 23.2 Å². The van der Waals surface area contributed by atoms with E-state index in [9.17, 15) is 5.11 Å². The summed E-state index contributed by atoms with van der Waals surface area (Å²) in [6, 6.07) is 11.7. The van der Waals surface area contributed by atoms with E-state index in [0.717, 1.165) is 12.8 Å². The van der Waals surface area contributed by atoms with Gasteiger partial charge in [-0.25, -0.2) is 0 Å². The van der Waals surface area contributed by atoms with Gasteiger partial charge in [-0.15, -0.1) is 0 Å². The summed E-state index contributed by atoms with van der Waals surface area (Å²) in [5.41, 5.74) is 3.59. The van der Waals surface area contributed by atoms with Gasteiger partial charge in [0.1, 0.15) is 5.75 Å². The van der Waals surface area contributed by atoms with Gasteiger partial charge in [0.25, 0.3) is 0 Å². The molecule has 2 aromatic carbocycles. The number of fused-ring (bicyclic) bond motifs is 1. The lowest BCUT2D eigenvalue weighted by Gasteiger charge is -2.32. The van der Waals surface area contributed by atoms with Gasteiger partial charge in [0.05, 0.1) is 10.0 Å². The number of rotatable bonds is 2. The van der Waals surface area contributed by atoms with Crippen LogP contribution in [0.3, 0.4) is 0 Å². The van der Waals surface area contributed by atoms with Crippen LogP contribution in [-0.2, 0) is 0 Å². The Bertz CT molecular complexity index is 672. The maximum Gasteiger partial charge on any atom is 0.115 e. The molecule has 0 fully saturated rings. The van der Waals surface area contributed by atoms with Crippen LogP contribution in [0.5, 0.6) is 5.75 Å². The third-order valence-corrected chi connectivity index (χ3v) is 5.00. The molecule has 0 spiro atoms. The lowest BCUT2D eigenvalue weighted by molar-refractivity contribution is 0.452. The summed E-state index contributed by atoms with van der Waals surface area (Å²) >= 11 is 12.2. The van der Waals surface area contributed by atoms with Crippen LogP contribution in [0.15, 0.2) is 36.4 Å². The summed E-state index contributed by atoms with van der Waals surface area (Å²) in [6.45, 7) is 0. The van der Waals surface area contributed by atoms with Gasteiger partial charge in [-0.2, -0.15) is 0 Å². The predicted molar refractivity (Wildman–Crippen MR) is 87.4 cm³/mol. The first-order valence-electron chi connectivity index (χ1n) is 7.05. The van der Waals surface area contributed by atoms with Gasteiger partial charge in [-0.1, -0.05) is 35.3 Å². The normalized spacial score (nSPS) is 21.1. The monoisotopic (exact) mass is 321 g/mol. The Kier molecular flexibility index (Phi) is 4.12. The fraction of sp³-hybridized carbons (Fsp3) is 0.294. The van der Waals surface area contributed by atoms with Gasteiger partial charge in [-0.3, -0.25) is 0 Å². The van der Waals surface area contributed by atoms with Crippen molar-refractivity contribution in [2.24, 2.45) is 0 Å². The van der Waals surface area contributed by atoms with Crippen molar-refractivity contribution < 1.29 is 5.11 Å². The van der Waals surface area contributed by atoms with Gasteiger partial charge in [0.2, 0.25) is 0 Å². The van der Waals surface area contributed by atoms with Crippen molar-refractivity contribution in [2.75, 3.05) is 7.05 Å². The molecule has 0 bridgehead atoms. The summed E-state index contributed by atoms with van der Waals surface area (Å²) in [5.74, 6) is 0.601. The molecule has 0 saturated heterocycles. The minimum absolute atomic E-state index is 0.283. The molecule has 0 aliphatic heterocycles. The van der Waals surface area contributed by atoms with E-state index in [4.69, 9.17) is 23.2 Å². The lowest BCUT2D eigenvalue weighted by atomic mass is 9.76. The summed E-state index contributed by atoms with van der Waals surface area (Å²) in [6.07, 6.45) is 2.07. The van der Waals surface area contributed by atoms with Crippen molar-refractivity contribution in [3.63, 3.8) is 0 Å². The van der Waals surface area contributed by atoms with E-state index in [-0.39, 0.29) is 6.04 Å². The predicted octanol–water partition coefficient (Wildman–Crippen LogP) is 4.89. The first kappa shape index (κ1) is 14.7. The molecule has 0 saturated carbocycles. The van der Waals surface area contributed by atoms with Crippen molar-refractivity contribution in [3.8, 4) is 5.75 Å². The molecule has 4 heteroatoms. The lowest BCUT2D eigenvalue weighted by Crippen LogP contribution is -2.24. The maximum atomic E-state index is 9.77. The van der Waals surface area contributed by atoms with Gasteiger partial charge < -0.3 is 10.4 Å². The minimum atomic E-state index is 0.283. The SMILES string of the molecule is CN[C@H]1CC[C@@H](c2ccc(Cl)c(Cl)c2)c2ccc(O)cc21. The molecular weight excluding hydrogens is 305 g/mol. The fourth-order valence-electron chi connectivity index (χ4n) is 3.20. The van der Waals surface area contributed by atoms with Crippen LogP contribution in [-0.4, -0.2) is 12.2 Å². The van der Waals surface area contributed by atoms with Crippen molar-refractivity contribution in [2.45, 2.75) is 24.8 Å². The molecule has 1 aliphatic carbocycles. The minimum Gasteiger partial charge on any atom is -0.508 e. The Morgan fingerprint density at radius 1 is 1.00 bits per heavy atom. The molecule has 0 unspecified atom stereocenters. The quantitative estimate of drug-likeness (QED) is 0.825. The highest BCUT2D eigenvalue weighted by Crippen LogP contribution is 2.43. The number of nitrogens with one attached hydrogen (secondary N) is 1. The van der Waals surface area contributed by atoms with Crippen LogP contribution in [0, 0.1) is 0 Å². The zero-order valence-corrected chi connectivity index (χ0v) is 13.2. The van der Waals surface area contributed by atoms with Gasteiger partial charge in [0, 0.05) is 12.0 Å². The summed E-state index contributed by atoms with van der Waals surface area (Å²) in [7, 11) is 1.96. The zero-order chi connectivity index (χ0) is 15.0. The largest absolute Gasteiger partial charge is 0.508 e. The molecule has 0 amide bonds. The summed E-state index contributed by atoms with van der Waals surface area (Å²) in [5, 5.41) is 14.3. The number of aromatic hydroxyl groups is 1. The van der Waals surface area contributed by atoms with Crippen molar-refractivity contribution in [1.29, 1.82) is 0 Å². The Hall–Kier alpha value is -1.22. The van der Waals surface area contributed by atoms with E-state index >= 15 is 0 Å². The van der Waals surface area contributed by atoms with Gasteiger partial charge in [0.15, 0.2) is 0 Å². The number of benzene rings is 2. The van der Waals surface area contributed by atoms with E-state index in [1.54, 1.807) is 6.07 Å². The van der Waals surface area contributed by atoms with E-state index in [1.165, 1.54) is 16.7 Å². The highest BCUT2D eigenvalue weighted by molar-refractivity contribution is 6.42. The number of phenolic OH excluding ortho intramolecular Hbond substituents is 1. The van der Waals surface area contributed by atoms with Crippen LogP contribution in [0.1, 0.15) is 41.5 Å². The number of phenols is 1. The average molecular weight is 322 g/mol. The third kappa shape index (κ3) is 2.76. The fourth-order valence-corrected chi connectivity index (χ4v) is 3.51. The van der Waals surface area contributed by atoms with E-state index in [0.29, 0.717) is 21.7 Å². The highest BCUT2D eigenvalue weighted by Gasteiger charge is 2.28. The first-order valence-corrected chi connectivity index (χ1v) is 7.80. The van der Waals surface area contributed by atoms with Crippen LogP contribution in [0.2, 0.25) is 10.0 Å². The number of halogens is 2. The molecule has 0 radical (unpaired) electrons. The van der Waals surface area contributed by atoms with Gasteiger partial charge >= 0.3 is 0 Å². The van der Waals surface area contributed by atoms with E-state index in [1.807, 2.05) is 37.4 Å². The van der Waals surface area contributed by atoms with E-state index in [2.05, 4.69) is 5.32 Å². The van der Waals surface area contributed by atoms with Crippen LogP contribution in [0.4, 0.5) is 0 Å². The molecule has 2 atom stereocenters. The highest BCUT2D eigenvalue weighted by atomic mass is 35.5. The third-order valence-electron chi connectivity index (χ3n) is 4.26. The zero-order valence-electron chi connectivity index (χ0n) is 11.7. The van der Waals surface area contributed by atoms with Crippen LogP contribution < -0.4 is 5.32 Å². The molecule has 0 aromatic heterocycles. The molecule has 21 heavy (non-hydrogen) atoms. The summed E-state index contributed by atoms with van der Waals surface area (Å²) in [4.78, 5) is 0. The average Bonchev–Trinajstić information content (AvgIpc) is 2.49. The molecule has 3 rings (SSSR count). The second-order valence-corrected chi connectivity index (χ2v) is 6.27. The molecule has 0 heterocycles. The Balaban J connectivity index is 2.07. The molecular formula is C17H17Cl2NO. The standard InChI is InChI=1S/C17H17Cl2NO/c1-20-17-7-5-12(10-2-6-15(18)16(19)8-10)13-4-3-11(21)9-14(13)17/h2-4,6,8-9,12,17,20-21H,5,7H2,1H3/t12-,17-/m0/s1. The van der Waals surface area contributed by atoms with Crippen molar-refractivity contribution in [3.05, 3.63) is 63.1 Å². The van der Waals surface area contributed by atoms with Crippen molar-refractivity contribution in [1.82, 2.24) is 5.32 Å². The van der Waals surface area contributed by atoms with Crippen LogP contribution in [0.25, 0.3) is 0 Å². The van der Waals surface area contributed by atoms with Gasteiger partial charge in [-0.05, 0) is 60.8 Å².